The van der Waals surface area contributed by atoms with Crippen molar-refractivity contribution in [2.24, 2.45) is 0 Å². The number of pyridine rings is 1. The van der Waals surface area contributed by atoms with Crippen molar-refractivity contribution in [3.8, 4) is 22.8 Å². The maximum atomic E-state index is 13.4. The van der Waals surface area contributed by atoms with Crippen molar-refractivity contribution in [1.29, 1.82) is 0 Å². The fourth-order valence-electron chi connectivity index (χ4n) is 4.29. The van der Waals surface area contributed by atoms with Crippen molar-refractivity contribution in [2.75, 3.05) is 37.9 Å². The molecule has 1 aliphatic rings. The average Bonchev–Trinajstić information content (AvgIpc) is 2.85. The van der Waals surface area contributed by atoms with Gasteiger partial charge in [0.2, 0.25) is 0 Å². The van der Waals surface area contributed by atoms with E-state index >= 15 is 0 Å². The minimum Gasteiger partial charge on any atom is -0.493 e. The van der Waals surface area contributed by atoms with Gasteiger partial charge in [0.05, 0.1) is 19.9 Å². The normalized spacial score (nSPS) is 17.1. The molecule has 0 spiro atoms. The molecule has 9 heteroatoms. The number of hydrogen-bond acceptors (Lipinski definition) is 6. The van der Waals surface area contributed by atoms with Crippen molar-refractivity contribution in [2.45, 2.75) is 25.9 Å². The summed E-state index contributed by atoms with van der Waals surface area (Å²) in [7, 11) is 3.20. The number of anilines is 2. The molecule has 1 saturated heterocycles. The zero-order chi connectivity index (χ0) is 23.5. The van der Waals surface area contributed by atoms with E-state index in [1.54, 1.807) is 20.3 Å². The number of nitrogen functional groups attached to an aromatic ring is 1. The number of amides is 1. The average molecular weight is 501 g/mol. The highest BCUT2D eigenvalue weighted by atomic mass is 35.5. The zero-order valence-electron chi connectivity index (χ0n) is 20.4. The van der Waals surface area contributed by atoms with E-state index in [0.29, 0.717) is 29.4 Å². The van der Waals surface area contributed by atoms with Gasteiger partial charge in [-0.3, -0.25) is 4.79 Å². The van der Waals surface area contributed by atoms with Crippen LogP contribution in [0.3, 0.4) is 0 Å². The van der Waals surface area contributed by atoms with Crippen LogP contribution in [0.1, 0.15) is 24.3 Å². The van der Waals surface area contributed by atoms with Crippen LogP contribution in [0.2, 0.25) is 0 Å². The third-order valence-electron chi connectivity index (χ3n) is 6.12. The van der Waals surface area contributed by atoms with E-state index in [-0.39, 0.29) is 35.9 Å². The fraction of sp³-hybridized carbons (Fsp3) is 0.308. The summed E-state index contributed by atoms with van der Waals surface area (Å²) < 4.78 is 10.7. The van der Waals surface area contributed by atoms with E-state index in [0.717, 1.165) is 23.5 Å². The third kappa shape index (κ3) is 5.78. The van der Waals surface area contributed by atoms with Crippen LogP contribution >= 0.6 is 12.4 Å². The number of benzene rings is 2. The molecule has 188 valence electrons. The lowest BCUT2D eigenvalue weighted by molar-refractivity contribution is 0.0639. The number of aromatic nitrogens is 1. The predicted octanol–water partition coefficient (Wildman–Crippen LogP) is 3.68. The molecular formula is C26H33ClN4O4. The Hall–Kier alpha value is -3.49. The molecule has 2 heterocycles. The van der Waals surface area contributed by atoms with E-state index in [4.69, 9.17) is 15.2 Å². The maximum Gasteiger partial charge on any atom is 0.272 e. The van der Waals surface area contributed by atoms with Gasteiger partial charge in [0.25, 0.3) is 5.91 Å². The van der Waals surface area contributed by atoms with Crippen LogP contribution in [0.15, 0.2) is 60.7 Å². The van der Waals surface area contributed by atoms with Gasteiger partial charge >= 0.3 is 0 Å². The highest BCUT2D eigenvalue weighted by Crippen LogP contribution is 2.32. The van der Waals surface area contributed by atoms with Crippen LogP contribution in [0.25, 0.3) is 11.3 Å². The van der Waals surface area contributed by atoms with E-state index in [1.807, 2.05) is 59.5 Å². The summed E-state index contributed by atoms with van der Waals surface area (Å²) in [5.74, 6) is 1.21. The Morgan fingerprint density at radius 2 is 1.63 bits per heavy atom. The number of carbonyl (C=O) groups excluding carboxylic acids is 1. The molecule has 4 rings (SSSR count). The summed E-state index contributed by atoms with van der Waals surface area (Å²) in [6.45, 7) is 5.57. The Kier molecular flexibility index (Phi) is 9.33. The van der Waals surface area contributed by atoms with Crippen LogP contribution < -0.4 is 20.1 Å². The van der Waals surface area contributed by atoms with E-state index in [1.165, 1.54) is 0 Å². The number of ether oxygens (including phenoxy) is 2. The van der Waals surface area contributed by atoms with E-state index in [9.17, 15) is 4.79 Å². The maximum absolute atomic E-state index is 13.4. The minimum absolute atomic E-state index is 0. The smallest absolute Gasteiger partial charge is 0.272 e. The molecule has 1 amide bonds. The van der Waals surface area contributed by atoms with Gasteiger partial charge < -0.3 is 30.5 Å². The molecule has 0 bridgehead atoms. The predicted molar refractivity (Wildman–Crippen MR) is 142 cm³/mol. The van der Waals surface area contributed by atoms with Crippen LogP contribution in [0.4, 0.5) is 11.4 Å². The van der Waals surface area contributed by atoms with Crippen LogP contribution in [-0.2, 0) is 0 Å². The molecule has 0 saturated carbocycles. The zero-order valence-corrected chi connectivity index (χ0v) is 21.2. The monoisotopic (exact) mass is 500 g/mol. The number of rotatable bonds is 5. The Labute approximate surface area is 212 Å². The summed E-state index contributed by atoms with van der Waals surface area (Å²) in [5.41, 5.74) is 9.70. The Bertz CT molecular complexity index is 1140. The minimum atomic E-state index is -0.0615. The first-order chi connectivity index (χ1) is 15.9. The van der Waals surface area contributed by atoms with Gasteiger partial charge in [0.15, 0.2) is 11.5 Å². The Balaban J connectivity index is 0.00000216. The summed E-state index contributed by atoms with van der Waals surface area (Å²) in [6, 6.07) is 19.2. The first kappa shape index (κ1) is 27.8. The summed E-state index contributed by atoms with van der Waals surface area (Å²) in [5, 5.41) is 0. The first-order valence-corrected chi connectivity index (χ1v) is 11.0. The van der Waals surface area contributed by atoms with Crippen molar-refractivity contribution in [1.82, 2.24) is 9.88 Å². The second kappa shape index (κ2) is 11.8. The number of nitrogens with two attached hydrogens (primary N) is 1. The molecule has 35 heavy (non-hydrogen) atoms. The number of nitrogens with zero attached hydrogens (tertiary/aromatic N) is 3. The quantitative estimate of drug-likeness (QED) is 0.535. The molecule has 0 radical (unpaired) electrons. The second-order valence-corrected chi connectivity index (χ2v) is 8.38. The van der Waals surface area contributed by atoms with Crippen molar-refractivity contribution in [3.63, 3.8) is 0 Å². The van der Waals surface area contributed by atoms with E-state index in [2.05, 4.69) is 23.7 Å². The van der Waals surface area contributed by atoms with Crippen LogP contribution in [-0.4, -0.2) is 60.7 Å². The largest absolute Gasteiger partial charge is 0.493 e. The second-order valence-electron chi connectivity index (χ2n) is 8.38. The highest BCUT2D eigenvalue weighted by molar-refractivity contribution is 5.93. The standard InChI is InChI=1S/C26H30N4O3.ClH.H2O/c1-17-16-30(18(2)15-29(17)21-11-9-20(27)10-12-21)26(31)23-7-5-6-22(28-23)19-8-13-24(32-3)25(14-19)33-4;;/h5-14,17-18H,15-16,27H2,1-4H3;1H;1H2/t17-,18+;;/m1../s1. The molecule has 8 nitrogen and oxygen atoms in total. The highest BCUT2D eigenvalue weighted by Gasteiger charge is 2.33. The third-order valence-corrected chi connectivity index (χ3v) is 6.12. The van der Waals surface area contributed by atoms with Crippen molar-refractivity contribution < 1.29 is 19.7 Å². The topological polar surface area (TPSA) is 112 Å². The van der Waals surface area contributed by atoms with Crippen LogP contribution in [0, 0.1) is 0 Å². The number of halogens is 1. The van der Waals surface area contributed by atoms with Gasteiger partial charge in [0, 0.05) is 42.1 Å². The molecule has 1 fully saturated rings. The SMILES string of the molecule is COc1ccc(-c2cccc(C(=O)N3C[C@@H](C)N(c4ccc(N)cc4)C[C@@H]3C)n2)cc1OC.Cl.O. The molecule has 4 N–H and O–H groups in total. The molecule has 3 aromatic rings. The van der Waals surface area contributed by atoms with Crippen molar-refractivity contribution >= 4 is 29.7 Å². The lowest BCUT2D eigenvalue weighted by Crippen LogP contribution is -2.58. The Morgan fingerprint density at radius 3 is 2.29 bits per heavy atom. The van der Waals surface area contributed by atoms with Gasteiger partial charge in [0.1, 0.15) is 5.69 Å². The molecule has 1 aliphatic heterocycles. The number of methoxy groups -OCH3 is 2. The first-order valence-electron chi connectivity index (χ1n) is 11.0. The van der Waals surface area contributed by atoms with Gasteiger partial charge in [-0.05, 0) is 68.4 Å². The van der Waals surface area contributed by atoms with Crippen LogP contribution in [0.5, 0.6) is 11.5 Å². The molecule has 0 unspecified atom stereocenters. The molecule has 2 aromatic carbocycles. The molecule has 1 aromatic heterocycles. The number of carbonyl (C=O) groups is 1. The summed E-state index contributed by atoms with van der Waals surface area (Å²) in [6.07, 6.45) is 0. The molecule has 2 atom stereocenters. The molecule has 0 aliphatic carbocycles. The van der Waals surface area contributed by atoms with Gasteiger partial charge in [-0.25, -0.2) is 4.98 Å². The lowest BCUT2D eigenvalue weighted by Gasteiger charge is -2.45. The fourth-order valence-corrected chi connectivity index (χ4v) is 4.29. The number of piperazine rings is 1. The van der Waals surface area contributed by atoms with Gasteiger partial charge in [-0.1, -0.05) is 6.07 Å². The lowest BCUT2D eigenvalue weighted by atomic mass is 10.1. The van der Waals surface area contributed by atoms with Gasteiger partial charge in [-0.15, -0.1) is 12.4 Å². The van der Waals surface area contributed by atoms with Crippen molar-refractivity contribution in [3.05, 3.63) is 66.4 Å². The summed E-state index contributed by atoms with van der Waals surface area (Å²) in [4.78, 5) is 22.4. The Morgan fingerprint density at radius 1 is 0.943 bits per heavy atom. The molecular weight excluding hydrogens is 468 g/mol. The van der Waals surface area contributed by atoms with E-state index < -0.39 is 0 Å². The summed E-state index contributed by atoms with van der Waals surface area (Å²) >= 11 is 0. The van der Waals surface area contributed by atoms with Gasteiger partial charge in [-0.2, -0.15) is 0 Å². The number of hydrogen-bond donors (Lipinski definition) is 1.